The molecule has 1 aliphatic rings. The Morgan fingerprint density at radius 3 is 2.64 bits per heavy atom. The van der Waals surface area contributed by atoms with E-state index in [0.717, 1.165) is 49.8 Å². The van der Waals surface area contributed by atoms with Crippen LogP contribution in [0.15, 0.2) is 42.5 Å². The van der Waals surface area contributed by atoms with Gasteiger partial charge in [0.2, 0.25) is 5.91 Å². The topological polar surface area (TPSA) is 87.7 Å². The minimum absolute atomic E-state index is 0.106. The van der Waals surface area contributed by atoms with Gasteiger partial charge >= 0.3 is 5.97 Å². The second-order valence-electron chi connectivity index (χ2n) is 8.64. The SMILES string of the molecule is CCCCCC(=O)Oc1ccc(C(O)C(CC)NCCc2ccccc2)c2c1NC(=O)CC2. The predicted molar refractivity (Wildman–Crippen MR) is 130 cm³/mol. The summed E-state index contributed by atoms with van der Waals surface area (Å²) in [6, 6.07) is 13.7. The fourth-order valence-electron chi connectivity index (χ4n) is 4.29. The van der Waals surface area contributed by atoms with E-state index in [0.29, 0.717) is 30.7 Å². The van der Waals surface area contributed by atoms with E-state index in [1.165, 1.54) is 5.56 Å². The van der Waals surface area contributed by atoms with Gasteiger partial charge in [-0.2, -0.15) is 0 Å². The molecule has 0 aliphatic carbocycles. The number of rotatable bonds is 12. The van der Waals surface area contributed by atoms with Gasteiger partial charge in [-0.05, 0) is 55.0 Å². The molecule has 3 N–H and O–H groups in total. The third-order valence-corrected chi connectivity index (χ3v) is 6.19. The smallest absolute Gasteiger partial charge is 0.311 e. The summed E-state index contributed by atoms with van der Waals surface area (Å²) in [6.45, 7) is 4.89. The second kappa shape index (κ2) is 12.5. The molecule has 0 saturated heterocycles. The van der Waals surface area contributed by atoms with E-state index in [9.17, 15) is 14.7 Å². The summed E-state index contributed by atoms with van der Waals surface area (Å²) in [5.74, 6) is -0.0428. The van der Waals surface area contributed by atoms with Crippen molar-refractivity contribution in [2.24, 2.45) is 0 Å². The summed E-state index contributed by atoms with van der Waals surface area (Å²) in [4.78, 5) is 24.4. The number of aliphatic hydroxyl groups excluding tert-OH is 1. The van der Waals surface area contributed by atoms with E-state index < -0.39 is 6.10 Å². The molecule has 0 bridgehead atoms. The van der Waals surface area contributed by atoms with Gasteiger partial charge < -0.3 is 20.5 Å². The summed E-state index contributed by atoms with van der Waals surface area (Å²) in [7, 11) is 0. The minimum Gasteiger partial charge on any atom is -0.424 e. The Morgan fingerprint density at radius 1 is 1.12 bits per heavy atom. The van der Waals surface area contributed by atoms with Crippen LogP contribution in [0.1, 0.15) is 75.2 Å². The minimum atomic E-state index is -0.733. The molecule has 0 radical (unpaired) electrons. The highest BCUT2D eigenvalue weighted by Crippen LogP contribution is 2.38. The second-order valence-corrected chi connectivity index (χ2v) is 8.64. The zero-order valence-corrected chi connectivity index (χ0v) is 19.7. The number of hydrogen-bond acceptors (Lipinski definition) is 5. The van der Waals surface area contributed by atoms with Gasteiger partial charge in [0.1, 0.15) is 0 Å². The van der Waals surface area contributed by atoms with Gasteiger partial charge in [-0.15, -0.1) is 0 Å². The Morgan fingerprint density at radius 2 is 1.91 bits per heavy atom. The molecule has 0 saturated carbocycles. The number of anilines is 1. The Kier molecular flexibility index (Phi) is 9.46. The van der Waals surface area contributed by atoms with Gasteiger partial charge in [-0.25, -0.2) is 0 Å². The van der Waals surface area contributed by atoms with E-state index in [-0.39, 0.29) is 17.9 Å². The van der Waals surface area contributed by atoms with Crippen molar-refractivity contribution in [2.45, 2.75) is 77.4 Å². The van der Waals surface area contributed by atoms with Crippen LogP contribution < -0.4 is 15.4 Å². The van der Waals surface area contributed by atoms with Crippen LogP contribution in [0, 0.1) is 0 Å². The number of carbonyl (C=O) groups excluding carboxylic acids is 2. The maximum atomic E-state index is 12.3. The van der Waals surface area contributed by atoms with Crippen LogP contribution in [0.4, 0.5) is 5.69 Å². The van der Waals surface area contributed by atoms with Crippen molar-refractivity contribution in [1.29, 1.82) is 0 Å². The summed E-state index contributed by atoms with van der Waals surface area (Å²) >= 11 is 0. The number of esters is 1. The van der Waals surface area contributed by atoms with Crippen molar-refractivity contribution < 1.29 is 19.4 Å². The van der Waals surface area contributed by atoms with Crippen molar-refractivity contribution in [3.63, 3.8) is 0 Å². The highest BCUT2D eigenvalue weighted by atomic mass is 16.5. The fraction of sp³-hybridized carbons (Fsp3) is 0.481. The van der Waals surface area contributed by atoms with Crippen LogP contribution >= 0.6 is 0 Å². The third kappa shape index (κ3) is 6.89. The van der Waals surface area contributed by atoms with Crippen LogP contribution in [0.5, 0.6) is 5.75 Å². The molecule has 0 fully saturated rings. The normalized spacial score (nSPS) is 14.8. The molecule has 2 aromatic rings. The lowest BCUT2D eigenvalue weighted by Gasteiger charge is -2.29. The molecule has 33 heavy (non-hydrogen) atoms. The van der Waals surface area contributed by atoms with E-state index in [1.807, 2.05) is 31.2 Å². The Hall–Kier alpha value is -2.70. The van der Waals surface area contributed by atoms with Crippen molar-refractivity contribution in [2.75, 3.05) is 11.9 Å². The predicted octanol–water partition coefficient (Wildman–Crippen LogP) is 4.70. The molecule has 2 atom stereocenters. The summed E-state index contributed by atoms with van der Waals surface area (Å²) in [5.41, 5.74) is 3.39. The number of amides is 1. The molecular formula is C27H36N2O4. The van der Waals surface area contributed by atoms with Gasteiger partial charge in [0.25, 0.3) is 0 Å². The van der Waals surface area contributed by atoms with Crippen molar-refractivity contribution in [1.82, 2.24) is 5.32 Å². The van der Waals surface area contributed by atoms with E-state index in [4.69, 9.17) is 4.74 Å². The van der Waals surface area contributed by atoms with Crippen molar-refractivity contribution in [3.05, 3.63) is 59.2 Å². The summed E-state index contributed by atoms with van der Waals surface area (Å²) < 4.78 is 5.59. The third-order valence-electron chi connectivity index (χ3n) is 6.19. The van der Waals surface area contributed by atoms with Crippen molar-refractivity contribution in [3.8, 4) is 5.75 Å². The zero-order valence-electron chi connectivity index (χ0n) is 19.7. The molecule has 2 aromatic carbocycles. The summed E-state index contributed by atoms with van der Waals surface area (Å²) in [6.07, 6.45) is 4.90. The van der Waals surface area contributed by atoms with Crippen molar-refractivity contribution >= 4 is 17.6 Å². The van der Waals surface area contributed by atoms with Gasteiger partial charge in [0.15, 0.2) is 5.75 Å². The van der Waals surface area contributed by atoms with Crippen LogP contribution in [0.3, 0.4) is 0 Å². The Labute approximate surface area is 196 Å². The first-order chi connectivity index (χ1) is 16.0. The number of aliphatic hydroxyl groups is 1. The molecule has 1 amide bonds. The van der Waals surface area contributed by atoms with Gasteiger partial charge in [0.05, 0.1) is 11.8 Å². The fourth-order valence-corrected chi connectivity index (χ4v) is 4.29. The number of nitrogens with one attached hydrogen (secondary N) is 2. The lowest BCUT2D eigenvalue weighted by atomic mass is 9.90. The number of unbranched alkanes of at least 4 members (excludes halogenated alkanes) is 2. The molecule has 6 heteroatoms. The average molecular weight is 453 g/mol. The molecule has 0 spiro atoms. The molecule has 6 nitrogen and oxygen atoms in total. The zero-order chi connectivity index (χ0) is 23.6. The first kappa shape index (κ1) is 24.9. The highest BCUT2D eigenvalue weighted by Gasteiger charge is 2.28. The van der Waals surface area contributed by atoms with Gasteiger partial charge in [0, 0.05) is 18.9 Å². The molecule has 1 aliphatic heterocycles. The maximum Gasteiger partial charge on any atom is 0.311 e. The lowest BCUT2D eigenvalue weighted by Crippen LogP contribution is -2.36. The van der Waals surface area contributed by atoms with Gasteiger partial charge in [-0.3, -0.25) is 9.59 Å². The number of fused-ring (bicyclic) bond motifs is 1. The van der Waals surface area contributed by atoms with Crippen LogP contribution in [0.25, 0.3) is 0 Å². The van der Waals surface area contributed by atoms with Crippen LogP contribution in [0.2, 0.25) is 0 Å². The van der Waals surface area contributed by atoms with E-state index in [1.54, 1.807) is 6.07 Å². The lowest BCUT2D eigenvalue weighted by molar-refractivity contribution is -0.134. The monoisotopic (exact) mass is 452 g/mol. The summed E-state index contributed by atoms with van der Waals surface area (Å²) in [5, 5.41) is 17.6. The van der Waals surface area contributed by atoms with Gasteiger partial charge in [-0.1, -0.05) is 63.1 Å². The van der Waals surface area contributed by atoms with E-state index in [2.05, 4.69) is 29.7 Å². The highest BCUT2D eigenvalue weighted by molar-refractivity contribution is 5.96. The molecule has 178 valence electrons. The number of hydrogen-bond donors (Lipinski definition) is 3. The largest absolute Gasteiger partial charge is 0.424 e. The molecule has 3 rings (SSSR count). The average Bonchev–Trinajstić information content (AvgIpc) is 2.82. The van der Waals surface area contributed by atoms with Crippen LogP contribution in [-0.4, -0.2) is 29.6 Å². The van der Waals surface area contributed by atoms with E-state index >= 15 is 0 Å². The quantitative estimate of drug-likeness (QED) is 0.247. The Balaban J connectivity index is 1.73. The number of benzene rings is 2. The molecule has 2 unspecified atom stereocenters. The first-order valence-electron chi connectivity index (χ1n) is 12.1. The van der Waals surface area contributed by atoms with Crippen LogP contribution in [-0.2, 0) is 22.4 Å². The molecular weight excluding hydrogens is 416 g/mol. The molecule has 0 aromatic heterocycles. The Bertz CT molecular complexity index is 929. The maximum absolute atomic E-state index is 12.3. The number of ether oxygens (including phenoxy) is 1. The number of carbonyl (C=O) groups is 2. The first-order valence-corrected chi connectivity index (χ1v) is 12.1. The molecule has 1 heterocycles. The standard InChI is InChI=1S/C27H36N2O4/c1-3-5-7-12-25(31)33-23-15-13-21(20-14-16-24(30)29-26(20)23)27(32)22(4-2)28-18-17-19-10-8-6-9-11-19/h6,8-11,13,15,22,27-28,32H,3-5,7,12,14,16-18H2,1-2H3,(H,29,30).